The number of hydrogen-bond acceptors (Lipinski definition) is 7. The molecule has 0 radical (unpaired) electrons. The summed E-state index contributed by atoms with van der Waals surface area (Å²) in [4.78, 5) is 40.7. The van der Waals surface area contributed by atoms with Crippen LogP contribution in [-0.4, -0.2) is 43.4 Å². The first-order valence-electron chi connectivity index (χ1n) is 15.3. The number of aromatic hydroxyl groups is 1. The summed E-state index contributed by atoms with van der Waals surface area (Å²) in [6.45, 7) is 14.5. The smallest absolute Gasteiger partial charge is 0.209 e. The van der Waals surface area contributed by atoms with E-state index in [-0.39, 0.29) is 35.6 Å². The molecule has 7 nitrogen and oxygen atoms in total. The molecule has 0 fully saturated rings. The number of phenols is 1. The molecule has 232 valence electrons. The molecule has 44 heavy (non-hydrogen) atoms. The first kappa shape index (κ1) is 31.5. The van der Waals surface area contributed by atoms with Gasteiger partial charge < -0.3 is 20.4 Å². The zero-order valence-electron chi connectivity index (χ0n) is 26.4. The number of aliphatic hydroxyl groups excluding tert-OH is 2. The second kappa shape index (κ2) is 10.6. The third-order valence-electron chi connectivity index (χ3n) is 10.2. The van der Waals surface area contributed by atoms with Crippen molar-refractivity contribution in [2.45, 2.75) is 79.2 Å². The zero-order valence-corrected chi connectivity index (χ0v) is 26.4. The Bertz CT molecular complexity index is 1670. The molecule has 0 amide bonds. The van der Waals surface area contributed by atoms with E-state index in [2.05, 4.69) is 13.5 Å². The van der Waals surface area contributed by atoms with Gasteiger partial charge in [0.15, 0.2) is 17.2 Å². The molecule has 0 saturated carbocycles. The molecule has 2 aromatic rings. The maximum absolute atomic E-state index is 14.3. The lowest BCUT2D eigenvalue weighted by Crippen LogP contribution is -2.67. The average molecular weight is 599 g/mol. The summed E-state index contributed by atoms with van der Waals surface area (Å²) >= 11 is 0. The molecule has 1 unspecified atom stereocenters. The van der Waals surface area contributed by atoms with Crippen molar-refractivity contribution < 1.29 is 34.8 Å². The summed E-state index contributed by atoms with van der Waals surface area (Å²) in [6.07, 6.45) is 3.04. The van der Waals surface area contributed by atoms with E-state index >= 15 is 0 Å². The van der Waals surface area contributed by atoms with Crippen molar-refractivity contribution in [2.75, 3.05) is 0 Å². The van der Waals surface area contributed by atoms with Crippen molar-refractivity contribution in [3.8, 4) is 16.9 Å². The van der Waals surface area contributed by atoms with Crippen LogP contribution in [0.25, 0.3) is 11.1 Å². The van der Waals surface area contributed by atoms with Crippen molar-refractivity contribution >= 4 is 17.3 Å². The fraction of sp³-hybridized carbons (Fsp3) is 0.432. The lowest BCUT2D eigenvalue weighted by Gasteiger charge is -2.59. The quantitative estimate of drug-likeness (QED) is 0.201. The molecule has 4 N–H and O–H groups in total. The van der Waals surface area contributed by atoms with E-state index in [1.165, 1.54) is 6.07 Å². The van der Waals surface area contributed by atoms with Crippen LogP contribution in [0.2, 0.25) is 0 Å². The Balaban J connectivity index is 1.69. The van der Waals surface area contributed by atoms with Crippen LogP contribution in [0.5, 0.6) is 5.75 Å². The Morgan fingerprint density at radius 2 is 1.68 bits per heavy atom. The fourth-order valence-corrected chi connectivity index (χ4v) is 8.54. The van der Waals surface area contributed by atoms with Gasteiger partial charge in [-0.2, -0.15) is 0 Å². The normalized spacial score (nSPS) is 28.1. The van der Waals surface area contributed by atoms with E-state index in [1.54, 1.807) is 13.0 Å². The van der Waals surface area contributed by atoms with Crippen molar-refractivity contribution in [1.82, 2.24) is 0 Å². The highest BCUT2D eigenvalue weighted by atomic mass is 16.3. The van der Waals surface area contributed by atoms with Gasteiger partial charge in [-0.05, 0) is 66.8 Å². The van der Waals surface area contributed by atoms with E-state index in [0.717, 1.165) is 48.4 Å². The Morgan fingerprint density at radius 1 is 1.05 bits per heavy atom. The van der Waals surface area contributed by atoms with Crippen molar-refractivity contribution in [3.05, 3.63) is 87.9 Å². The Hall–Kier alpha value is -3.97. The van der Waals surface area contributed by atoms with Crippen molar-refractivity contribution in [1.29, 1.82) is 0 Å². The molecule has 3 aliphatic carbocycles. The molecular weight excluding hydrogens is 556 g/mol. The van der Waals surface area contributed by atoms with Crippen LogP contribution in [-0.2, 0) is 22.4 Å². The van der Waals surface area contributed by atoms with Gasteiger partial charge in [0, 0.05) is 22.3 Å². The van der Waals surface area contributed by atoms with Gasteiger partial charge in [0.05, 0.1) is 5.56 Å². The summed E-state index contributed by atoms with van der Waals surface area (Å²) < 4.78 is 0. The number of carbonyl (C=O) groups is 3. The number of Topliss-reactive ketones (excluding diaryl/α,β-unsaturated/α-hetero) is 3. The largest absolute Gasteiger partial charge is 0.511 e. The minimum Gasteiger partial charge on any atom is -0.511 e. The molecular formula is C37H42O7. The molecule has 0 saturated heterocycles. The average Bonchev–Trinajstić information content (AvgIpc) is 2.91. The van der Waals surface area contributed by atoms with Gasteiger partial charge >= 0.3 is 0 Å². The highest BCUT2D eigenvalue weighted by molar-refractivity contribution is 6.25. The Labute approximate surface area is 258 Å². The molecule has 0 heterocycles. The highest BCUT2D eigenvalue weighted by Gasteiger charge is 2.71. The molecule has 0 aromatic heterocycles. The SMILES string of the molecule is C=C(CCC)Cc1ccc(-c2ccc(O)c3c2C[C@]2(C)C[C@]4(C)C(C(C)C)C(O)=C(C(C)=O)C(=O)[C@]4(O)C(O)=C2C3=O)cc1. The lowest BCUT2D eigenvalue weighted by atomic mass is 9.44. The number of hydrogen-bond donors (Lipinski definition) is 4. The molecule has 5 rings (SSSR count). The second-order valence-electron chi connectivity index (χ2n) is 13.8. The minimum atomic E-state index is -2.62. The van der Waals surface area contributed by atoms with Crippen molar-refractivity contribution in [2.24, 2.45) is 22.7 Å². The number of aliphatic hydroxyl groups is 3. The van der Waals surface area contributed by atoms with Crippen LogP contribution in [0, 0.1) is 22.7 Å². The van der Waals surface area contributed by atoms with Gasteiger partial charge in [0.2, 0.25) is 5.78 Å². The van der Waals surface area contributed by atoms with E-state index in [9.17, 15) is 34.8 Å². The van der Waals surface area contributed by atoms with Crippen LogP contribution < -0.4 is 0 Å². The summed E-state index contributed by atoms with van der Waals surface area (Å²) in [5, 5.41) is 46.3. The fourth-order valence-electron chi connectivity index (χ4n) is 8.54. The molecule has 7 heteroatoms. The highest BCUT2D eigenvalue weighted by Crippen LogP contribution is 2.65. The predicted octanol–water partition coefficient (Wildman–Crippen LogP) is 6.91. The number of carbonyl (C=O) groups excluding carboxylic acids is 3. The first-order chi connectivity index (χ1) is 20.5. The molecule has 4 atom stereocenters. The van der Waals surface area contributed by atoms with E-state index in [4.69, 9.17) is 0 Å². The maximum Gasteiger partial charge on any atom is 0.209 e. The maximum atomic E-state index is 14.3. The van der Waals surface area contributed by atoms with E-state index in [0.29, 0.717) is 5.56 Å². The van der Waals surface area contributed by atoms with Crippen LogP contribution in [0.1, 0.15) is 82.3 Å². The van der Waals surface area contributed by atoms with Gasteiger partial charge in [-0.25, -0.2) is 0 Å². The third-order valence-corrected chi connectivity index (χ3v) is 10.2. The van der Waals surface area contributed by atoms with Gasteiger partial charge in [-0.15, -0.1) is 0 Å². The molecule has 3 aliphatic rings. The number of fused-ring (bicyclic) bond motifs is 3. The predicted molar refractivity (Wildman–Crippen MR) is 168 cm³/mol. The molecule has 0 spiro atoms. The number of phenolic OH excluding ortho intramolecular Hbond substituents is 1. The van der Waals surface area contributed by atoms with Crippen LogP contribution >= 0.6 is 0 Å². The van der Waals surface area contributed by atoms with Crippen LogP contribution in [0.3, 0.4) is 0 Å². The van der Waals surface area contributed by atoms with Gasteiger partial charge in [0.25, 0.3) is 0 Å². The monoisotopic (exact) mass is 598 g/mol. The zero-order chi connectivity index (χ0) is 32.5. The van der Waals surface area contributed by atoms with Crippen molar-refractivity contribution in [3.63, 3.8) is 0 Å². The first-order valence-corrected chi connectivity index (χ1v) is 15.3. The Kier molecular flexibility index (Phi) is 7.57. The summed E-state index contributed by atoms with van der Waals surface area (Å²) in [6, 6.07) is 11.3. The third kappa shape index (κ3) is 4.31. The second-order valence-corrected chi connectivity index (χ2v) is 13.8. The number of rotatable bonds is 7. The summed E-state index contributed by atoms with van der Waals surface area (Å²) in [5.74, 6) is -5.19. The van der Waals surface area contributed by atoms with Crippen LogP contribution in [0.4, 0.5) is 0 Å². The van der Waals surface area contributed by atoms with E-state index in [1.807, 2.05) is 45.0 Å². The number of allylic oxidation sites excluding steroid dienone is 3. The van der Waals surface area contributed by atoms with Gasteiger partial charge in [-0.3, -0.25) is 14.4 Å². The van der Waals surface area contributed by atoms with E-state index < -0.39 is 56.8 Å². The van der Waals surface area contributed by atoms with Crippen LogP contribution in [0.15, 0.2) is 71.2 Å². The minimum absolute atomic E-state index is 0.0166. The lowest BCUT2D eigenvalue weighted by molar-refractivity contribution is -0.171. The number of benzene rings is 2. The van der Waals surface area contributed by atoms with Gasteiger partial charge in [0.1, 0.15) is 22.8 Å². The van der Waals surface area contributed by atoms with Gasteiger partial charge in [-0.1, -0.05) is 83.5 Å². The standard InChI is InChI=1S/C37H42O7/c1-8-9-20(4)16-22-10-12-23(13-11-22)24-14-15-26(39)28-25(24)17-35(6)18-36(7)29(19(2)3)31(40)27(21(5)38)33(42)37(36,44)34(43)30(35)32(28)41/h10-15,19,29,39-40,43-44H,4,8-9,16-18H2,1-3,5-7H3/t29?,35-,36-,37+/m1/s1. The number of ketones is 3. The topological polar surface area (TPSA) is 132 Å². The molecule has 2 aromatic carbocycles. The summed E-state index contributed by atoms with van der Waals surface area (Å²) in [5.41, 5.74) is -1.34. The summed E-state index contributed by atoms with van der Waals surface area (Å²) in [7, 11) is 0. The Morgan fingerprint density at radius 3 is 2.25 bits per heavy atom. The molecule has 0 aliphatic heterocycles. The molecule has 0 bridgehead atoms.